The summed E-state index contributed by atoms with van der Waals surface area (Å²) in [5, 5.41) is 10.7. The van der Waals surface area contributed by atoms with Gasteiger partial charge in [-0.05, 0) is 44.4 Å². The van der Waals surface area contributed by atoms with Gasteiger partial charge in [0.05, 0.1) is 6.10 Å². The van der Waals surface area contributed by atoms with E-state index in [4.69, 9.17) is 10.5 Å². The molecule has 0 amide bonds. The fraction of sp³-hybridized carbons (Fsp3) is 0.941. The van der Waals surface area contributed by atoms with Crippen LogP contribution in [0.4, 0.5) is 0 Å². The number of rotatable bonds is 2. The number of aliphatic hydroxyl groups excluding tert-OH is 1. The Hall–Kier alpha value is -0.810. The Morgan fingerprint density at radius 1 is 1.23 bits per heavy atom. The second-order valence-corrected chi connectivity index (χ2v) is 7.59. The van der Waals surface area contributed by atoms with Gasteiger partial charge in [-0.25, -0.2) is 0 Å². The first kappa shape index (κ1) is 16.1. The molecule has 3 aliphatic rings. The van der Waals surface area contributed by atoms with E-state index in [0.29, 0.717) is 12.5 Å². The molecule has 2 atom stereocenters. The van der Waals surface area contributed by atoms with E-state index in [1.54, 1.807) is 0 Å². The van der Waals surface area contributed by atoms with Crippen molar-refractivity contribution in [1.29, 1.82) is 0 Å². The van der Waals surface area contributed by atoms with Crippen molar-refractivity contribution >= 4 is 5.96 Å². The normalized spacial score (nSPS) is 33.5. The third-order valence-electron chi connectivity index (χ3n) is 6.17. The van der Waals surface area contributed by atoms with Gasteiger partial charge in [-0.3, -0.25) is 4.99 Å². The number of piperidine rings is 1. The van der Waals surface area contributed by atoms with Gasteiger partial charge in [-0.2, -0.15) is 0 Å². The zero-order valence-corrected chi connectivity index (χ0v) is 13.8. The molecule has 2 heterocycles. The maximum Gasteiger partial charge on any atom is 0.191 e. The van der Waals surface area contributed by atoms with Crippen LogP contribution in [0, 0.1) is 17.3 Å². The van der Waals surface area contributed by atoms with E-state index >= 15 is 0 Å². The summed E-state index contributed by atoms with van der Waals surface area (Å²) in [6.45, 7) is 6.59. The summed E-state index contributed by atoms with van der Waals surface area (Å²) in [4.78, 5) is 6.81. The van der Waals surface area contributed by atoms with E-state index in [1.165, 1.54) is 12.8 Å². The minimum Gasteiger partial charge on any atom is -0.392 e. The number of nitrogens with zero attached hydrogens (tertiary/aromatic N) is 2. The lowest BCUT2D eigenvalue weighted by Gasteiger charge is -2.37. The smallest absolute Gasteiger partial charge is 0.191 e. The van der Waals surface area contributed by atoms with Crippen LogP contribution in [0.25, 0.3) is 0 Å². The maximum absolute atomic E-state index is 10.7. The number of aliphatic hydroxyl groups is 1. The van der Waals surface area contributed by atoms with E-state index in [2.05, 4.69) is 16.8 Å². The number of ether oxygens (including phenoxy) is 1. The zero-order chi connectivity index (χ0) is 15.6. The highest BCUT2D eigenvalue weighted by molar-refractivity contribution is 5.78. The van der Waals surface area contributed by atoms with Gasteiger partial charge in [0.25, 0.3) is 0 Å². The van der Waals surface area contributed by atoms with Gasteiger partial charge in [0.1, 0.15) is 0 Å². The number of hydrogen-bond donors (Lipinski definition) is 2. The van der Waals surface area contributed by atoms with Crippen LogP contribution in [0.1, 0.15) is 45.4 Å². The summed E-state index contributed by atoms with van der Waals surface area (Å²) in [7, 11) is 0. The van der Waals surface area contributed by atoms with Crippen molar-refractivity contribution in [2.45, 2.75) is 51.6 Å². The van der Waals surface area contributed by atoms with Crippen LogP contribution in [0.2, 0.25) is 0 Å². The lowest BCUT2D eigenvalue weighted by atomic mass is 9.76. The van der Waals surface area contributed by atoms with Gasteiger partial charge in [0.15, 0.2) is 5.96 Å². The van der Waals surface area contributed by atoms with Gasteiger partial charge in [-0.1, -0.05) is 6.92 Å². The fourth-order valence-corrected chi connectivity index (χ4v) is 4.34. The van der Waals surface area contributed by atoms with Crippen molar-refractivity contribution in [2.75, 3.05) is 32.8 Å². The molecule has 0 aromatic rings. The monoisotopic (exact) mass is 309 g/mol. The molecule has 3 rings (SSSR count). The largest absolute Gasteiger partial charge is 0.392 e. The fourth-order valence-electron chi connectivity index (χ4n) is 4.34. The Bertz CT molecular complexity index is 399. The molecule has 5 nitrogen and oxygen atoms in total. The molecule has 5 heteroatoms. The molecular formula is C17H31N3O2. The molecule has 0 aromatic carbocycles. The van der Waals surface area contributed by atoms with Crippen LogP contribution in [-0.4, -0.2) is 54.9 Å². The second-order valence-electron chi connectivity index (χ2n) is 7.59. The molecular weight excluding hydrogens is 278 g/mol. The number of guanidine groups is 1. The Labute approximate surface area is 133 Å². The molecule has 1 spiro atoms. The van der Waals surface area contributed by atoms with Crippen molar-refractivity contribution in [3.8, 4) is 0 Å². The average Bonchev–Trinajstić information content (AvgIpc) is 2.83. The first-order chi connectivity index (χ1) is 10.6. The Kier molecular flexibility index (Phi) is 4.93. The summed E-state index contributed by atoms with van der Waals surface area (Å²) in [6, 6.07) is 0. The summed E-state index contributed by atoms with van der Waals surface area (Å²) in [6.07, 6.45) is 6.32. The molecule has 1 saturated carbocycles. The number of aliphatic imine (C=N–C) groups is 1. The lowest BCUT2D eigenvalue weighted by Crippen LogP contribution is -2.43. The van der Waals surface area contributed by atoms with Crippen LogP contribution < -0.4 is 5.73 Å². The molecule has 2 aliphatic heterocycles. The van der Waals surface area contributed by atoms with Crippen LogP contribution in [0.15, 0.2) is 4.99 Å². The molecule has 3 fully saturated rings. The van der Waals surface area contributed by atoms with E-state index in [9.17, 15) is 5.11 Å². The standard InChI is InChI=1S/C17H31N3O2/c1-13-3-8-20(9-4-13)16(18)19-12-14-2-5-17(15(14)21)6-10-22-11-7-17/h13-15,21H,2-12H2,1H3,(H2,18,19). The summed E-state index contributed by atoms with van der Waals surface area (Å²) in [5.74, 6) is 1.74. The van der Waals surface area contributed by atoms with Gasteiger partial charge in [0.2, 0.25) is 0 Å². The van der Waals surface area contributed by atoms with Crippen molar-refractivity contribution in [1.82, 2.24) is 4.90 Å². The van der Waals surface area contributed by atoms with E-state index in [0.717, 1.165) is 57.9 Å². The Balaban J connectivity index is 1.54. The third-order valence-corrected chi connectivity index (χ3v) is 6.17. The lowest BCUT2D eigenvalue weighted by molar-refractivity contribution is -0.0549. The van der Waals surface area contributed by atoms with Crippen molar-refractivity contribution in [2.24, 2.45) is 28.0 Å². The molecule has 0 radical (unpaired) electrons. The minimum absolute atomic E-state index is 0.0910. The van der Waals surface area contributed by atoms with Crippen molar-refractivity contribution in [3.05, 3.63) is 0 Å². The predicted molar refractivity (Wildman–Crippen MR) is 87.7 cm³/mol. The van der Waals surface area contributed by atoms with E-state index in [-0.39, 0.29) is 17.4 Å². The SMILES string of the molecule is CC1CCN(C(N)=NCC2CCC3(CCOCC3)C2O)CC1. The molecule has 3 N–H and O–H groups in total. The Morgan fingerprint density at radius 2 is 1.91 bits per heavy atom. The molecule has 0 aromatic heterocycles. The quantitative estimate of drug-likeness (QED) is 0.600. The van der Waals surface area contributed by atoms with Gasteiger partial charge >= 0.3 is 0 Å². The number of hydrogen-bond acceptors (Lipinski definition) is 3. The van der Waals surface area contributed by atoms with Gasteiger partial charge in [-0.15, -0.1) is 0 Å². The van der Waals surface area contributed by atoms with E-state index < -0.39 is 0 Å². The number of likely N-dealkylation sites (tertiary alicyclic amines) is 1. The summed E-state index contributed by atoms with van der Waals surface area (Å²) < 4.78 is 5.46. The first-order valence-corrected chi connectivity index (χ1v) is 8.91. The highest BCUT2D eigenvalue weighted by atomic mass is 16.5. The van der Waals surface area contributed by atoms with Crippen molar-refractivity contribution < 1.29 is 9.84 Å². The first-order valence-electron chi connectivity index (χ1n) is 8.91. The molecule has 2 unspecified atom stereocenters. The van der Waals surface area contributed by atoms with Gasteiger partial charge < -0.3 is 20.5 Å². The second kappa shape index (κ2) is 6.75. The summed E-state index contributed by atoms with van der Waals surface area (Å²) >= 11 is 0. The molecule has 2 saturated heterocycles. The molecule has 0 bridgehead atoms. The van der Waals surface area contributed by atoms with Crippen LogP contribution in [0.3, 0.4) is 0 Å². The van der Waals surface area contributed by atoms with E-state index in [1.807, 2.05) is 0 Å². The highest BCUT2D eigenvalue weighted by Gasteiger charge is 2.47. The van der Waals surface area contributed by atoms with Crippen LogP contribution >= 0.6 is 0 Å². The zero-order valence-electron chi connectivity index (χ0n) is 13.8. The van der Waals surface area contributed by atoms with Crippen LogP contribution in [-0.2, 0) is 4.74 Å². The number of nitrogens with two attached hydrogens (primary N) is 1. The average molecular weight is 309 g/mol. The van der Waals surface area contributed by atoms with Gasteiger partial charge in [0, 0.05) is 44.2 Å². The summed E-state index contributed by atoms with van der Waals surface area (Å²) in [5.41, 5.74) is 6.25. The topological polar surface area (TPSA) is 71.1 Å². The highest BCUT2D eigenvalue weighted by Crippen LogP contribution is 2.48. The van der Waals surface area contributed by atoms with Crippen molar-refractivity contribution in [3.63, 3.8) is 0 Å². The molecule has 1 aliphatic carbocycles. The minimum atomic E-state index is -0.241. The van der Waals surface area contributed by atoms with Crippen LogP contribution in [0.5, 0.6) is 0 Å². The Morgan fingerprint density at radius 3 is 2.59 bits per heavy atom. The predicted octanol–water partition coefficient (Wildman–Crippen LogP) is 1.60. The molecule has 22 heavy (non-hydrogen) atoms. The molecule has 126 valence electrons. The maximum atomic E-state index is 10.7. The third kappa shape index (κ3) is 3.25.